The van der Waals surface area contributed by atoms with E-state index in [9.17, 15) is 9.18 Å². The first-order valence-corrected chi connectivity index (χ1v) is 12.1. The predicted octanol–water partition coefficient (Wildman–Crippen LogP) is 4.78. The third kappa shape index (κ3) is 5.28. The number of nitrogens with zero attached hydrogens (tertiary/aromatic N) is 3. The summed E-state index contributed by atoms with van der Waals surface area (Å²) >= 11 is 5.91. The van der Waals surface area contributed by atoms with Crippen molar-refractivity contribution in [1.82, 2.24) is 14.9 Å². The number of aromatic nitrogens is 2. The van der Waals surface area contributed by atoms with E-state index in [0.717, 1.165) is 32.7 Å². The summed E-state index contributed by atoms with van der Waals surface area (Å²) in [7, 11) is 1.53. The Morgan fingerprint density at radius 1 is 1.31 bits per heavy atom. The van der Waals surface area contributed by atoms with E-state index in [2.05, 4.69) is 25.5 Å². The Labute approximate surface area is 213 Å². The molecule has 2 saturated heterocycles. The van der Waals surface area contributed by atoms with Crippen LogP contribution in [-0.2, 0) is 9.53 Å². The van der Waals surface area contributed by atoms with Gasteiger partial charge < -0.3 is 20.1 Å². The van der Waals surface area contributed by atoms with Crippen molar-refractivity contribution in [2.75, 3.05) is 50.6 Å². The van der Waals surface area contributed by atoms with E-state index in [-0.39, 0.29) is 10.9 Å². The highest BCUT2D eigenvalue weighted by atomic mass is 35.5. The van der Waals surface area contributed by atoms with Gasteiger partial charge in [-0.1, -0.05) is 17.7 Å². The van der Waals surface area contributed by atoms with Crippen molar-refractivity contribution in [3.63, 3.8) is 0 Å². The molecule has 2 aliphatic heterocycles. The fourth-order valence-corrected chi connectivity index (χ4v) is 4.92. The number of anilines is 3. The van der Waals surface area contributed by atoms with Crippen LogP contribution in [0.15, 0.2) is 48.8 Å². The zero-order chi connectivity index (χ0) is 25.1. The molecule has 1 amide bonds. The SMILES string of the molecule is COc1cc2ncnc(Nc3ccc(F)c(Cl)c3)c2cc1NC(=O)/C=C/CN1CCCC2(COC2)C1. The van der Waals surface area contributed by atoms with Gasteiger partial charge in [0, 0.05) is 41.7 Å². The van der Waals surface area contributed by atoms with E-state index in [1.54, 1.807) is 24.3 Å². The second-order valence-electron chi connectivity index (χ2n) is 9.27. The second-order valence-corrected chi connectivity index (χ2v) is 9.68. The standard InChI is InChI=1S/C26H27ClFN5O3/c1-35-23-12-21-18(25(30-16-29-21)31-17-5-6-20(28)19(27)10-17)11-22(23)32-24(34)4-2-8-33-9-3-7-26(13-33)14-36-15-26/h2,4-6,10-12,16H,3,7-9,13-15H2,1H3,(H,32,34)(H,29,30,31)/b4-2+. The van der Waals surface area contributed by atoms with Crippen LogP contribution in [0, 0.1) is 11.2 Å². The maximum Gasteiger partial charge on any atom is 0.248 e. The average Bonchev–Trinajstić information content (AvgIpc) is 2.85. The maximum atomic E-state index is 13.5. The molecule has 5 rings (SSSR count). The predicted molar refractivity (Wildman–Crippen MR) is 137 cm³/mol. The van der Waals surface area contributed by atoms with Crippen LogP contribution in [0.2, 0.25) is 5.02 Å². The number of carbonyl (C=O) groups is 1. The van der Waals surface area contributed by atoms with Crippen LogP contribution < -0.4 is 15.4 Å². The average molecular weight is 512 g/mol. The van der Waals surface area contributed by atoms with Crippen LogP contribution >= 0.6 is 11.6 Å². The number of nitrogens with one attached hydrogen (secondary N) is 2. The Morgan fingerprint density at radius 3 is 2.92 bits per heavy atom. The van der Waals surface area contributed by atoms with Crippen LogP contribution in [0.25, 0.3) is 10.9 Å². The van der Waals surface area contributed by atoms with Gasteiger partial charge in [0.2, 0.25) is 5.91 Å². The number of benzene rings is 2. The zero-order valence-corrected chi connectivity index (χ0v) is 20.6. The van der Waals surface area contributed by atoms with Gasteiger partial charge in [-0.25, -0.2) is 14.4 Å². The van der Waals surface area contributed by atoms with Gasteiger partial charge in [-0.2, -0.15) is 0 Å². The fraction of sp³-hybridized carbons (Fsp3) is 0.346. The molecule has 0 unspecified atom stereocenters. The zero-order valence-electron chi connectivity index (χ0n) is 19.9. The van der Waals surface area contributed by atoms with E-state index in [1.165, 1.54) is 32.0 Å². The number of rotatable bonds is 7. The Morgan fingerprint density at radius 2 is 2.17 bits per heavy atom. The van der Waals surface area contributed by atoms with Crippen LogP contribution in [-0.4, -0.2) is 60.7 Å². The van der Waals surface area contributed by atoms with E-state index >= 15 is 0 Å². The molecule has 0 radical (unpaired) electrons. The van der Waals surface area contributed by atoms with Crippen LogP contribution in [0.4, 0.5) is 21.6 Å². The Hall–Kier alpha value is -3.27. The minimum Gasteiger partial charge on any atom is -0.494 e. The van der Waals surface area contributed by atoms with Gasteiger partial charge in [0.1, 0.15) is 23.7 Å². The summed E-state index contributed by atoms with van der Waals surface area (Å²) in [6.45, 7) is 4.42. The number of amides is 1. The molecule has 0 atom stereocenters. The maximum absolute atomic E-state index is 13.5. The molecule has 0 aliphatic carbocycles. The monoisotopic (exact) mass is 511 g/mol. The van der Waals surface area contributed by atoms with E-state index < -0.39 is 5.82 Å². The first kappa shape index (κ1) is 24.4. The molecule has 188 valence electrons. The molecule has 2 fully saturated rings. The molecular weight excluding hydrogens is 485 g/mol. The number of likely N-dealkylation sites (tertiary alicyclic amines) is 1. The molecule has 0 saturated carbocycles. The number of piperidine rings is 1. The second kappa shape index (κ2) is 10.4. The van der Waals surface area contributed by atoms with Crippen LogP contribution in [0.3, 0.4) is 0 Å². The number of hydrogen-bond acceptors (Lipinski definition) is 7. The molecule has 2 aliphatic rings. The van der Waals surface area contributed by atoms with Gasteiger partial charge >= 0.3 is 0 Å². The lowest BCUT2D eigenvalue weighted by atomic mass is 9.78. The molecule has 2 N–H and O–H groups in total. The lowest BCUT2D eigenvalue weighted by Gasteiger charge is -2.48. The fourth-order valence-electron chi connectivity index (χ4n) is 4.74. The summed E-state index contributed by atoms with van der Waals surface area (Å²) < 4.78 is 24.4. The van der Waals surface area contributed by atoms with E-state index in [0.29, 0.717) is 45.8 Å². The lowest BCUT2D eigenvalue weighted by molar-refractivity contribution is -0.142. The Kier molecular flexibility index (Phi) is 7.04. The Bertz CT molecular complexity index is 1310. The van der Waals surface area contributed by atoms with Gasteiger partial charge in [-0.05, 0) is 43.7 Å². The molecule has 1 aromatic heterocycles. The van der Waals surface area contributed by atoms with Crippen molar-refractivity contribution >= 4 is 45.6 Å². The number of ether oxygens (including phenoxy) is 2. The van der Waals surface area contributed by atoms with Crippen molar-refractivity contribution in [2.45, 2.75) is 12.8 Å². The minimum absolute atomic E-state index is 0.000475. The van der Waals surface area contributed by atoms with Gasteiger partial charge in [0.05, 0.1) is 36.6 Å². The van der Waals surface area contributed by atoms with Gasteiger partial charge in [-0.15, -0.1) is 0 Å². The summed E-state index contributed by atoms with van der Waals surface area (Å²) in [5, 5.41) is 6.68. The third-order valence-electron chi connectivity index (χ3n) is 6.59. The van der Waals surface area contributed by atoms with Crippen LogP contribution in [0.5, 0.6) is 5.75 Å². The largest absolute Gasteiger partial charge is 0.494 e. The first-order chi connectivity index (χ1) is 17.4. The highest BCUT2D eigenvalue weighted by Crippen LogP contribution is 2.37. The third-order valence-corrected chi connectivity index (χ3v) is 6.88. The summed E-state index contributed by atoms with van der Waals surface area (Å²) in [4.78, 5) is 23.7. The number of methoxy groups -OCH3 is 1. The summed E-state index contributed by atoms with van der Waals surface area (Å²) in [6, 6.07) is 7.79. The highest BCUT2D eigenvalue weighted by Gasteiger charge is 2.41. The molecule has 0 bridgehead atoms. The molecule has 3 heterocycles. The van der Waals surface area contributed by atoms with Gasteiger partial charge in [0.25, 0.3) is 0 Å². The smallest absolute Gasteiger partial charge is 0.248 e. The molecule has 3 aromatic rings. The van der Waals surface area contributed by atoms with Crippen molar-refractivity contribution in [1.29, 1.82) is 0 Å². The number of fused-ring (bicyclic) bond motifs is 1. The van der Waals surface area contributed by atoms with Crippen molar-refractivity contribution in [3.05, 3.63) is 59.7 Å². The Balaban J connectivity index is 1.31. The topological polar surface area (TPSA) is 88.6 Å². The summed E-state index contributed by atoms with van der Waals surface area (Å²) in [5.74, 6) is 0.189. The number of halogens is 2. The van der Waals surface area contributed by atoms with E-state index in [4.69, 9.17) is 21.1 Å². The number of carbonyl (C=O) groups excluding carboxylic acids is 1. The van der Waals surface area contributed by atoms with E-state index in [1.807, 2.05) is 6.08 Å². The van der Waals surface area contributed by atoms with Crippen LogP contribution in [0.1, 0.15) is 12.8 Å². The summed E-state index contributed by atoms with van der Waals surface area (Å²) in [5.41, 5.74) is 1.97. The molecule has 8 nitrogen and oxygen atoms in total. The highest BCUT2D eigenvalue weighted by molar-refractivity contribution is 6.31. The van der Waals surface area contributed by atoms with Crippen molar-refractivity contribution < 1.29 is 18.7 Å². The molecular formula is C26H27ClFN5O3. The van der Waals surface area contributed by atoms with Gasteiger partial charge in [-0.3, -0.25) is 9.69 Å². The quantitative estimate of drug-likeness (QED) is 0.441. The normalized spacial score (nSPS) is 17.3. The molecule has 2 aromatic carbocycles. The van der Waals surface area contributed by atoms with Crippen molar-refractivity contribution in [2.24, 2.45) is 5.41 Å². The first-order valence-electron chi connectivity index (χ1n) is 11.8. The molecule has 10 heteroatoms. The summed E-state index contributed by atoms with van der Waals surface area (Å²) in [6.07, 6.45) is 7.21. The van der Waals surface area contributed by atoms with Crippen molar-refractivity contribution in [3.8, 4) is 5.75 Å². The minimum atomic E-state index is -0.505. The molecule has 1 spiro atoms. The number of hydrogen-bond donors (Lipinski definition) is 2. The molecule has 36 heavy (non-hydrogen) atoms. The lowest BCUT2D eigenvalue weighted by Crippen LogP contribution is -2.54. The van der Waals surface area contributed by atoms with Gasteiger partial charge in [0.15, 0.2) is 0 Å².